The Morgan fingerprint density at radius 3 is 3.07 bits per heavy atom. The number of aromatic nitrogens is 1. The van der Waals surface area contributed by atoms with Crippen molar-refractivity contribution in [2.75, 3.05) is 7.05 Å². The van der Waals surface area contributed by atoms with Gasteiger partial charge in [-0.1, -0.05) is 0 Å². The first-order valence-electron chi connectivity index (χ1n) is 4.83. The summed E-state index contributed by atoms with van der Waals surface area (Å²) in [7, 11) is 1.99. The maximum atomic E-state index is 5.46. The second-order valence-corrected chi connectivity index (χ2v) is 3.12. The van der Waals surface area contributed by atoms with Gasteiger partial charge in [-0.15, -0.1) is 0 Å². The maximum absolute atomic E-state index is 5.46. The zero-order valence-electron chi connectivity index (χ0n) is 8.51. The average Bonchev–Trinajstić information content (AvgIpc) is 2.68. The molecule has 0 aromatic carbocycles. The molecule has 0 bridgehead atoms. The van der Waals surface area contributed by atoms with Gasteiger partial charge in [0.05, 0.1) is 13.2 Å². The number of furan rings is 1. The van der Waals surface area contributed by atoms with Crippen LogP contribution in [0.4, 0.5) is 0 Å². The number of pyridine rings is 1. The summed E-state index contributed by atoms with van der Waals surface area (Å²) in [6.07, 6.45) is 3.35. The molecule has 2 aromatic rings. The molecule has 4 heteroatoms. The van der Waals surface area contributed by atoms with Crippen LogP contribution in [0, 0.1) is 0 Å². The molecule has 0 spiro atoms. The topological polar surface area (TPSA) is 51.9 Å². The average molecular weight is 205 g/mol. The first-order valence-corrected chi connectivity index (χ1v) is 4.83. The van der Waals surface area contributed by atoms with Gasteiger partial charge < -0.3 is 14.5 Å². The fourth-order valence-electron chi connectivity index (χ4n) is 1.25. The smallest absolute Gasteiger partial charge is 0.290 e. The zero-order valence-corrected chi connectivity index (χ0v) is 8.51. The Morgan fingerprint density at radius 1 is 1.40 bits per heavy atom. The monoisotopic (exact) mass is 205 g/mol. The van der Waals surface area contributed by atoms with Gasteiger partial charge in [-0.25, -0.2) is 0 Å². The molecule has 0 saturated carbocycles. The number of hydrogen-bond acceptors (Lipinski definition) is 3. The summed E-state index contributed by atoms with van der Waals surface area (Å²) in [5.74, 6) is 2.08. The standard InChI is InChI=1S/C11H12N2O2/c1-12-7-10-4-5-11(15-10)14-9-3-2-6-13-8-9/h2-6,8,12H,7H2,1H3/p+1. The summed E-state index contributed by atoms with van der Waals surface area (Å²) in [6.45, 7) is 0.816. The predicted octanol–water partition coefficient (Wildman–Crippen LogP) is 1.16. The number of nitrogens with zero attached hydrogens (tertiary/aromatic N) is 1. The van der Waals surface area contributed by atoms with Gasteiger partial charge in [-0.2, -0.15) is 0 Å². The van der Waals surface area contributed by atoms with Crippen molar-refractivity contribution < 1.29 is 14.5 Å². The van der Waals surface area contributed by atoms with Gasteiger partial charge in [-0.05, 0) is 18.2 Å². The fraction of sp³-hybridized carbons (Fsp3) is 0.182. The molecule has 0 atom stereocenters. The first kappa shape index (κ1) is 9.73. The van der Waals surface area contributed by atoms with Crippen LogP contribution >= 0.6 is 0 Å². The van der Waals surface area contributed by atoms with Crippen molar-refractivity contribution in [1.82, 2.24) is 4.98 Å². The highest BCUT2D eigenvalue weighted by Crippen LogP contribution is 2.22. The molecule has 0 saturated heterocycles. The van der Waals surface area contributed by atoms with Crippen molar-refractivity contribution in [2.45, 2.75) is 6.54 Å². The van der Waals surface area contributed by atoms with Crippen LogP contribution in [0.25, 0.3) is 0 Å². The van der Waals surface area contributed by atoms with Crippen LogP contribution in [-0.4, -0.2) is 12.0 Å². The van der Waals surface area contributed by atoms with Crippen molar-refractivity contribution in [3.63, 3.8) is 0 Å². The zero-order chi connectivity index (χ0) is 10.5. The van der Waals surface area contributed by atoms with Crippen LogP contribution in [0.15, 0.2) is 41.1 Å². The number of nitrogens with two attached hydrogens (primary N) is 1. The summed E-state index contributed by atoms with van der Waals surface area (Å²) < 4.78 is 10.9. The minimum Gasteiger partial charge on any atom is -0.424 e. The van der Waals surface area contributed by atoms with Crippen LogP contribution in [0.2, 0.25) is 0 Å². The van der Waals surface area contributed by atoms with Gasteiger partial charge in [0.1, 0.15) is 12.3 Å². The van der Waals surface area contributed by atoms with Crippen molar-refractivity contribution in [2.24, 2.45) is 0 Å². The summed E-state index contributed by atoms with van der Waals surface area (Å²) in [4.78, 5) is 3.95. The number of rotatable bonds is 4. The molecule has 0 aliphatic carbocycles. The van der Waals surface area contributed by atoms with E-state index >= 15 is 0 Å². The Bertz CT molecular complexity index is 412. The van der Waals surface area contributed by atoms with Gasteiger partial charge >= 0.3 is 0 Å². The molecule has 4 nitrogen and oxygen atoms in total. The third-order valence-electron chi connectivity index (χ3n) is 1.90. The van der Waals surface area contributed by atoms with Crippen LogP contribution in [0.1, 0.15) is 5.76 Å². The summed E-state index contributed by atoms with van der Waals surface area (Å²) in [6, 6.07) is 7.37. The Kier molecular flexibility index (Phi) is 2.99. The van der Waals surface area contributed by atoms with Gasteiger partial charge in [0, 0.05) is 12.3 Å². The molecule has 2 heterocycles. The predicted molar refractivity (Wildman–Crippen MR) is 54.6 cm³/mol. The molecule has 0 aliphatic rings. The molecule has 0 aliphatic heterocycles. The second-order valence-electron chi connectivity index (χ2n) is 3.12. The molecule has 0 fully saturated rings. The highest BCUT2D eigenvalue weighted by atomic mass is 16.6. The van der Waals surface area contributed by atoms with Crippen molar-refractivity contribution >= 4 is 0 Å². The highest BCUT2D eigenvalue weighted by molar-refractivity contribution is 5.22. The van der Waals surface area contributed by atoms with E-state index in [0.29, 0.717) is 11.7 Å². The maximum Gasteiger partial charge on any atom is 0.290 e. The largest absolute Gasteiger partial charge is 0.424 e. The molecular formula is C11H13N2O2+. The van der Waals surface area contributed by atoms with E-state index in [-0.39, 0.29) is 0 Å². The molecule has 2 N–H and O–H groups in total. The summed E-state index contributed by atoms with van der Waals surface area (Å²) >= 11 is 0. The molecule has 0 unspecified atom stereocenters. The van der Waals surface area contributed by atoms with Gasteiger partial charge in [0.2, 0.25) is 0 Å². The van der Waals surface area contributed by atoms with E-state index in [1.54, 1.807) is 12.4 Å². The van der Waals surface area contributed by atoms with E-state index in [1.807, 2.05) is 36.6 Å². The minimum absolute atomic E-state index is 0.500. The van der Waals surface area contributed by atoms with Crippen LogP contribution in [-0.2, 0) is 6.54 Å². The molecule has 2 rings (SSSR count). The Hall–Kier alpha value is -1.81. The molecule has 78 valence electrons. The molecular weight excluding hydrogens is 192 g/mol. The summed E-state index contributed by atoms with van der Waals surface area (Å²) in [5, 5.41) is 2.03. The van der Waals surface area contributed by atoms with Crippen molar-refractivity contribution in [3.05, 3.63) is 42.4 Å². The van der Waals surface area contributed by atoms with Crippen LogP contribution < -0.4 is 10.1 Å². The van der Waals surface area contributed by atoms with Crippen LogP contribution in [0.3, 0.4) is 0 Å². The van der Waals surface area contributed by atoms with Gasteiger partial charge in [0.25, 0.3) is 5.95 Å². The Labute approximate surface area is 87.9 Å². The fourth-order valence-corrected chi connectivity index (χ4v) is 1.25. The highest BCUT2D eigenvalue weighted by Gasteiger charge is 2.04. The lowest BCUT2D eigenvalue weighted by molar-refractivity contribution is -0.645. The lowest BCUT2D eigenvalue weighted by atomic mass is 10.4. The van der Waals surface area contributed by atoms with Crippen molar-refractivity contribution in [1.29, 1.82) is 0 Å². The first-order chi connectivity index (χ1) is 7.38. The minimum atomic E-state index is 0.500. The molecule has 15 heavy (non-hydrogen) atoms. The third-order valence-corrected chi connectivity index (χ3v) is 1.90. The molecule has 2 aromatic heterocycles. The Morgan fingerprint density at radius 2 is 2.33 bits per heavy atom. The third kappa shape index (κ3) is 2.57. The normalized spacial score (nSPS) is 10.2. The number of hydrogen-bond donors (Lipinski definition) is 1. The van der Waals surface area contributed by atoms with E-state index in [4.69, 9.17) is 9.15 Å². The lowest BCUT2D eigenvalue weighted by Crippen LogP contribution is -2.77. The lowest BCUT2D eigenvalue weighted by Gasteiger charge is -1.99. The van der Waals surface area contributed by atoms with E-state index in [0.717, 1.165) is 12.3 Å². The van der Waals surface area contributed by atoms with Crippen LogP contribution in [0.5, 0.6) is 11.7 Å². The second kappa shape index (κ2) is 4.61. The molecule has 0 radical (unpaired) electrons. The van der Waals surface area contributed by atoms with E-state index < -0.39 is 0 Å². The van der Waals surface area contributed by atoms with E-state index in [1.165, 1.54) is 0 Å². The number of ether oxygens (including phenoxy) is 1. The van der Waals surface area contributed by atoms with Crippen molar-refractivity contribution in [3.8, 4) is 11.7 Å². The van der Waals surface area contributed by atoms with E-state index in [2.05, 4.69) is 4.98 Å². The molecule has 0 amide bonds. The van der Waals surface area contributed by atoms with Gasteiger partial charge in [-0.3, -0.25) is 4.98 Å². The number of quaternary nitrogens is 1. The summed E-state index contributed by atoms with van der Waals surface area (Å²) in [5.41, 5.74) is 0. The Balaban J connectivity index is 2.05. The SMILES string of the molecule is C[NH2+]Cc1ccc(Oc2cccnc2)o1. The quantitative estimate of drug-likeness (QED) is 0.814. The van der Waals surface area contributed by atoms with Gasteiger partial charge in [0.15, 0.2) is 5.76 Å². The van der Waals surface area contributed by atoms with E-state index in [9.17, 15) is 0 Å².